The highest BCUT2D eigenvalue weighted by atomic mass is 35.5. The van der Waals surface area contributed by atoms with Gasteiger partial charge in [-0.2, -0.15) is 8.78 Å². The van der Waals surface area contributed by atoms with Crippen LogP contribution in [0.3, 0.4) is 0 Å². The van der Waals surface area contributed by atoms with E-state index in [9.17, 15) is 18.4 Å². The number of nitrogens with zero attached hydrogens (tertiary/aromatic N) is 3. The number of aryl methyl sites for hydroxylation is 1. The molecule has 1 saturated heterocycles. The average Bonchev–Trinajstić information content (AvgIpc) is 3.33. The van der Waals surface area contributed by atoms with E-state index in [1.165, 1.54) is 4.90 Å². The Morgan fingerprint density at radius 2 is 1.95 bits per heavy atom. The lowest BCUT2D eigenvalue weighted by atomic mass is 10.1. The minimum atomic E-state index is -2.99. The van der Waals surface area contributed by atoms with Crippen molar-refractivity contribution in [3.8, 4) is 11.4 Å². The van der Waals surface area contributed by atoms with Crippen molar-refractivity contribution in [2.45, 2.75) is 19.8 Å². The number of alkyl halides is 2. The first kappa shape index (κ1) is 25.7. The fourth-order valence-corrected chi connectivity index (χ4v) is 5.00. The van der Waals surface area contributed by atoms with Gasteiger partial charge in [0.1, 0.15) is 11.4 Å². The van der Waals surface area contributed by atoms with Crippen molar-refractivity contribution in [1.82, 2.24) is 19.9 Å². The molecular weight excluding hydrogens is 514 g/mol. The van der Waals surface area contributed by atoms with Crippen LogP contribution in [0.15, 0.2) is 53.5 Å². The second-order valence-corrected chi connectivity index (χ2v) is 9.70. The summed E-state index contributed by atoms with van der Waals surface area (Å²) in [6.45, 7) is 3.90. The first-order valence-corrected chi connectivity index (χ1v) is 12.7. The van der Waals surface area contributed by atoms with E-state index in [2.05, 4.69) is 20.2 Å². The highest BCUT2D eigenvalue weighted by Crippen LogP contribution is 2.29. The van der Waals surface area contributed by atoms with Crippen molar-refractivity contribution in [3.63, 3.8) is 0 Å². The fraction of sp³-hybridized carbons (Fsp3) is 0.296. The number of piperazine rings is 1. The Morgan fingerprint density at radius 3 is 2.68 bits per heavy atom. The number of amides is 1. The number of H-pyrrole nitrogens is 2. The number of fused-ring (bicyclic) bond motifs is 1. The molecule has 38 heavy (non-hydrogen) atoms. The highest BCUT2D eigenvalue weighted by Gasteiger charge is 2.27. The molecule has 2 aromatic carbocycles. The van der Waals surface area contributed by atoms with Gasteiger partial charge in [-0.15, -0.1) is 0 Å². The number of carbonyl (C=O) groups is 1. The fourth-order valence-electron chi connectivity index (χ4n) is 4.79. The lowest BCUT2D eigenvalue weighted by Crippen LogP contribution is -2.50. The summed E-state index contributed by atoms with van der Waals surface area (Å²) in [6, 6.07) is 13.4. The molecule has 0 radical (unpaired) electrons. The molecule has 1 fully saturated rings. The van der Waals surface area contributed by atoms with E-state index < -0.39 is 12.3 Å². The normalized spacial score (nSPS) is 13.9. The number of halogens is 3. The van der Waals surface area contributed by atoms with E-state index in [0.29, 0.717) is 41.7 Å². The molecular formula is C27H27ClF2N6O2. The zero-order valence-corrected chi connectivity index (χ0v) is 21.5. The number of nitrogens with one attached hydrogen (secondary N) is 3. The molecule has 0 unspecified atom stereocenters. The smallest absolute Gasteiger partial charge is 0.315 e. The minimum Gasteiger partial charge on any atom is -0.384 e. The van der Waals surface area contributed by atoms with E-state index in [1.807, 2.05) is 43.3 Å². The Bertz CT molecular complexity index is 1530. The lowest BCUT2D eigenvalue weighted by Gasteiger charge is -2.36. The predicted molar refractivity (Wildman–Crippen MR) is 145 cm³/mol. The van der Waals surface area contributed by atoms with Gasteiger partial charge >= 0.3 is 6.43 Å². The summed E-state index contributed by atoms with van der Waals surface area (Å²) in [4.78, 5) is 38.5. The number of carbonyl (C=O) groups excluding carboxylic acids is 1. The van der Waals surface area contributed by atoms with E-state index in [0.717, 1.165) is 34.3 Å². The predicted octanol–water partition coefficient (Wildman–Crippen LogP) is 4.45. The van der Waals surface area contributed by atoms with Crippen LogP contribution in [0.5, 0.6) is 0 Å². The van der Waals surface area contributed by atoms with Crippen LogP contribution in [-0.2, 0) is 11.2 Å². The Kier molecular flexibility index (Phi) is 7.33. The van der Waals surface area contributed by atoms with E-state index >= 15 is 0 Å². The second kappa shape index (κ2) is 10.8. The highest BCUT2D eigenvalue weighted by molar-refractivity contribution is 6.30. The largest absolute Gasteiger partial charge is 0.384 e. The van der Waals surface area contributed by atoms with Crippen molar-refractivity contribution < 1.29 is 13.6 Å². The molecule has 1 aliphatic heterocycles. The molecule has 0 atom stereocenters. The van der Waals surface area contributed by atoms with Crippen LogP contribution in [0.1, 0.15) is 11.1 Å². The second-order valence-electron chi connectivity index (χ2n) is 9.26. The van der Waals surface area contributed by atoms with Gasteiger partial charge in [0.05, 0.1) is 16.7 Å². The van der Waals surface area contributed by atoms with Gasteiger partial charge in [0.15, 0.2) is 0 Å². The summed E-state index contributed by atoms with van der Waals surface area (Å²) in [5, 5.41) is 4.03. The molecule has 0 saturated carbocycles. The Labute approximate surface area is 222 Å². The summed E-state index contributed by atoms with van der Waals surface area (Å²) < 4.78 is 25.5. The van der Waals surface area contributed by atoms with E-state index in [-0.39, 0.29) is 18.6 Å². The molecule has 0 spiro atoms. The number of pyridine rings is 1. The monoisotopic (exact) mass is 540 g/mol. The third-order valence-corrected chi connectivity index (χ3v) is 6.96. The first-order chi connectivity index (χ1) is 18.3. The van der Waals surface area contributed by atoms with Crippen LogP contribution in [0.2, 0.25) is 5.02 Å². The molecule has 3 heterocycles. The van der Waals surface area contributed by atoms with Gasteiger partial charge < -0.3 is 25.1 Å². The molecule has 198 valence electrons. The molecule has 1 amide bonds. The van der Waals surface area contributed by atoms with Crippen molar-refractivity contribution in [3.05, 3.63) is 75.2 Å². The molecule has 8 nitrogen and oxygen atoms in total. The van der Waals surface area contributed by atoms with Gasteiger partial charge in [0, 0.05) is 49.6 Å². The van der Waals surface area contributed by atoms with Crippen LogP contribution < -0.4 is 15.8 Å². The topological polar surface area (TPSA) is 97.1 Å². The standard InChI is InChI=1S/C27H27ClF2N6O2/c1-16-13-19(35-9-11-36(12-10-35)27(38)24(29)30)15-21-23(16)34-25(33-21)22-20(6-8-32-26(22)37)31-7-5-17-3-2-4-18(28)14-17/h2-4,6,8,13-15,24H,5,7,9-12H2,1H3,(H,33,34)(H2,31,32,37). The van der Waals surface area contributed by atoms with Gasteiger partial charge in [-0.1, -0.05) is 23.7 Å². The van der Waals surface area contributed by atoms with Gasteiger partial charge in [0.2, 0.25) is 0 Å². The number of aromatic amines is 2. The summed E-state index contributed by atoms with van der Waals surface area (Å²) in [5.41, 5.74) is 5.20. The molecule has 11 heteroatoms. The van der Waals surface area contributed by atoms with Crippen LogP contribution in [0, 0.1) is 6.92 Å². The van der Waals surface area contributed by atoms with Gasteiger partial charge in [-0.25, -0.2) is 4.98 Å². The van der Waals surface area contributed by atoms with Gasteiger partial charge in [-0.05, 0) is 54.8 Å². The molecule has 1 aliphatic rings. The maximum atomic E-state index is 12.9. The lowest BCUT2D eigenvalue weighted by molar-refractivity contribution is -0.143. The number of rotatable bonds is 7. The molecule has 4 aromatic rings. The van der Waals surface area contributed by atoms with Crippen molar-refractivity contribution in [1.29, 1.82) is 0 Å². The number of imidazole rings is 1. The summed E-state index contributed by atoms with van der Waals surface area (Å²) in [6.07, 6.45) is -0.662. The molecule has 5 rings (SSSR count). The summed E-state index contributed by atoms with van der Waals surface area (Å²) in [7, 11) is 0. The number of hydrogen-bond acceptors (Lipinski definition) is 5. The summed E-state index contributed by atoms with van der Waals surface area (Å²) in [5.74, 6) is -0.681. The zero-order chi connectivity index (χ0) is 26.8. The van der Waals surface area contributed by atoms with E-state index in [1.54, 1.807) is 12.3 Å². The number of aromatic nitrogens is 3. The van der Waals surface area contributed by atoms with E-state index in [4.69, 9.17) is 16.6 Å². The molecule has 0 bridgehead atoms. The maximum absolute atomic E-state index is 12.9. The summed E-state index contributed by atoms with van der Waals surface area (Å²) >= 11 is 6.08. The van der Waals surface area contributed by atoms with Crippen molar-refractivity contribution >= 4 is 39.9 Å². The maximum Gasteiger partial charge on any atom is 0.315 e. The zero-order valence-electron chi connectivity index (χ0n) is 20.7. The average molecular weight is 541 g/mol. The SMILES string of the molecule is Cc1cc(N2CCN(C(=O)C(F)F)CC2)cc2[nH]c(-c3c(NCCc4cccc(Cl)c4)cc[nH]c3=O)nc12. The Balaban J connectivity index is 1.37. The quantitative estimate of drug-likeness (QED) is 0.322. The third kappa shape index (κ3) is 5.35. The number of hydrogen-bond donors (Lipinski definition) is 3. The van der Waals surface area contributed by atoms with Crippen molar-refractivity contribution in [2.75, 3.05) is 42.9 Å². The number of benzene rings is 2. The Hall–Kier alpha value is -3.92. The van der Waals surface area contributed by atoms with Gasteiger partial charge in [0.25, 0.3) is 11.5 Å². The molecule has 2 aromatic heterocycles. The number of anilines is 2. The van der Waals surface area contributed by atoms with Crippen molar-refractivity contribution in [2.24, 2.45) is 0 Å². The first-order valence-electron chi connectivity index (χ1n) is 12.3. The van der Waals surface area contributed by atoms with Crippen LogP contribution in [0.4, 0.5) is 20.2 Å². The van der Waals surface area contributed by atoms with Crippen LogP contribution in [0.25, 0.3) is 22.4 Å². The van der Waals surface area contributed by atoms with Crippen LogP contribution in [-0.4, -0.2) is 64.9 Å². The third-order valence-electron chi connectivity index (χ3n) is 6.72. The molecule has 0 aliphatic carbocycles. The molecule has 3 N–H and O–H groups in total. The Morgan fingerprint density at radius 1 is 1.16 bits per heavy atom. The van der Waals surface area contributed by atoms with Gasteiger partial charge in [-0.3, -0.25) is 9.59 Å². The minimum absolute atomic E-state index is 0.234. The van der Waals surface area contributed by atoms with Crippen LogP contribution >= 0.6 is 11.6 Å².